The molecule has 0 saturated heterocycles. The Morgan fingerprint density at radius 3 is 2.59 bits per heavy atom. The topological polar surface area (TPSA) is 55.1 Å². The molecule has 1 rings (SSSR count). The van der Waals surface area contributed by atoms with Gasteiger partial charge in [-0.15, -0.1) is 0 Å². The Hall–Kier alpha value is -0.570. The Labute approximate surface area is 106 Å². The number of rotatable bonds is 6. The van der Waals surface area contributed by atoms with E-state index in [9.17, 15) is 4.79 Å². The lowest BCUT2D eigenvalue weighted by Crippen LogP contribution is -2.47. The Kier molecular flexibility index (Phi) is 6.56. The largest absolute Gasteiger partial charge is 0.352 e. The molecule has 0 heterocycles. The van der Waals surface area contributed by atoms with Crippen LogP contribution in [0.4, 0.5) is 0 Å². The van der Waals surface area contributed by atoms with Crippen LogP contribution in [-0.4, -0.2) is 18.0 Å². The molecular formula is C14H28N2O. The second-order valence-electron chi connectivity index (χ2n) is 5.44. The quantitative estimate of drug-likeness (QED) is 0.750. The van der Waals surface area contributed by atoms with Crippen LogP contribution in [0.1, 0.15) is 65.2 Å². The number of nitrogens with one attached hydrogen (secondary N) is 1. The lowest BCUT2D eigenvalue weighted by molar-refractivity contribution is -0.123. The summed E-state index contributed by atoms with van der Waals surface area (Å²) >= 11 is 0. The van der Waals surface area contributed by atoms with Crippen LogP contribution < -0.4 is 11.1 Å². The summed E-state index contributed by atoms with van der Waals surface area (Å²) in [6, 6.07) is -0.0310. The van der Waals surface area contributed by atoms with Crippen LogP contribution in [0, 0.1) is 5.92 Å². The lowest BCUT2D eigenvalue weighted by atomic mass is 9.84. The van der Waals surface area contributed by atoms with Crippen molar-refractivity contribution in [3.8, 4) is 0 Å². The third-order valence-corrected chi connectivity index (χ3v) is 3.93. The van der Waals surface area contributed by atoms with E-state index in [0.717, 1.165) is 19.3 Å². The fourth-order valence-electron chi connectivity index (χ4n) is 2.64. The van der Waals surface area contributed by atoms with Gasteiger partial charge in [-0.3, -0.25) is 4.79 Å². The van der Waals surface area contributed by atoms with Gasteiger partial charge in [-0.25, -0.2) is 0 Å². The van der Waals surface area contributed by atoms with Crippen LogP contribution in [0.5, 0.6) is 0 Å². The Balaban J connectivity index is 2.28. The summed E-state index contributed by atoms with van der Waals surface area (Å²) in [4.78, 5) is 11.9. The fraction of sp³-hybridized carbons (Fsp3) is 0.929. The SMILES string of the molecule is CCCCC(N)C(=O)N[C@@H](C)C1CCCCC1. The van der Waals surface area contributed by atoms with Gasteiger partial charge in [-0.2, -0.15) is 0 Å². The number of hydrogen-bond donors (Lipinski definition) is 2. The minimum absolute atomic E-state index is 0.0384. The number of amides is 1. The van der Waals surface area contributed by atoms with Crippen molar-refractivity contribution in [1.29, 1.82) is 0 Å². The predicted octanol–water partition coefficient (Wildman–Crippen LogP) is 2.59. The number of carbonyl (C=O) groups is 1. The van der Waals surface area contributed by atoms with E-state index in [1.54, 1.807) is 0 Å². The molecule has 0 aromatic rings. The minimum Gasteiger partial charge on any atom is -0.352 e. The monoisotopic (exact) mass is 240 g/mol. The molecule has 3 N–H and O–H groups in total. The molecule has 0 aromatic heterocycles. The summed E-state index contributed by atoms with van der Waals surface area (Å²) in [5, 5.41) is 3.09. The van der Waals surface area contributed by atoms with Crippen molar-refractivity contribution in [1.82, 2.24) is 5.32 Å². The zero-order valence-electron chi connectivity index (χ0n) is 11.4. The van der Waals surface area contributed by atoms with Crippen molar-refractivity contribution in [2.75, 3.05) is 0 Å². The molecular weight excluding hydrogens is 212 g/mol. The molecule has 1 amide bonds. The summed E-state index contributed by atoms with van der Waals surface area (Å²) in [5.74, 6) is 0.697. The number of unbranched alkanes of at least 4 members (excludes halogenated alkanes) is 1. The van der Waals surface area contributed by atoms with E-state index in [4.69, 9.17) is 5.73 Å². The average molecular weight is 240 g/mol. The van der Waals surface area contributed by atoms with Crippen LogP contribution in [0.2, 0.25) is 0 Å². The zero-order chi connectivity index (χ0) is 12.7. The third kappa shape index (κ3) is 5.07. The van der Waals surface area contributed by atoms with E-state index >= 15 is 0 Å². The molecule has 1 saturated carbocycles. The second-order valence-corrected chi connectivity index (χ2v) is 5.44. The van der Waals surface area contributed by atoms with Gasteiger partial charge in [-0.05, 0) is 32.1 Å². The smallest absolute Gasteiger partial charge is 0.237 e. The van der Waals surface area contributed by atoms with E-state index in [2.05, 4.69) is 19.2 Å². The predicted molar refractivity (Wildman–Crippen MR) is 71.7 cm³/mol. The first kappa shape index (κ1) is 14.5. The maximum absolute atomic E-state index is 11.9. The number of hydrogen-bond acceptors (Lipinski definition) is 2. The van der Waals surface area contributed by atoms with E-state index < -0.39 is 0 Å². The van der Waals surface area contributed by atoms with Gasteiger partial charge in [0, 0.05) is 6.04 Å². The maximum Gasteiger partial charge on any atom is 0.237 e. The van der Waals surface area contributed by atoms with Crippen LogP contribution in [0.3, 0.4) is 0 Å². The molecule has 3 nitrogen and oxygen atoms in total. The van der Waals surface area contributed by atoms with Gasteiger partial charge in [0.2, 0.25) is 5.91 Å². The normalized spacial score (nSPS) is 20.9. The third-order valence-electron chi connectivity index (χ3n) is 3.93. The molecule has 0 radical (unpaired) electrons. The summed E-state index contributed by atoms with van der Waals surface area (Å²) in [5.41, 5.74) is 5.87. The van der Waals surface area contributed by atoms with Crippen molar-refractivity contribution in [3.63, 3.8) is 0 Å². The summed E-state index contributed by atoms with van der Waals surface area (Å²) in [7, 11) is 0. The van der Waals surface area contributed by atoms with E-state index in [1.807, 2.05) is 0 Å². The van der Waals surface area contributed by atoms with Gasteiger partial charge in [0.1, 0.15) is 0 Å². The maximum atomic E-state index is 11.9. The van der Waals surface area contributed by atoms with Crippen LogP contribution in [0.25, 0.3) is 0 Å². The average Bonchev–Trinajstić information content (AvgIpc) is 2.36. The Morgan fingerprint density at radius 2 is 2.00 bits per heavy atom. The first-order valence-electron chi connectivity index (χ1n) is 7.21. The molecule has 0 aromatic carbocycles. The minimum atomic E-state index is -0.319. The molecule has 1 aliphatic rings. The Morgan fingerprint density at radius 1 is 1.35 bits per heavy atom. The molecule has 3 heteroatoms. The van der Waals surface area contributed by atoms with Crippen LogP contribution >= 0.6 is 0 Å². The zero-order valence-corrected chi connectivity index (χ0v) is 11.4. The molecule has 2 atom stereocenters. The number of carbonyl (C=O) groups excluding carboxylic acids is 1. The van der Waals surface area contributed by atoms with Gasteiger partial charge < -0.3 is 11.1 Å². The van der Waals surface area contributed by atoms with E-state index in [1.165, 1.54) is 32.1 Å². The van der Waals surface area contributed by atoms with E-state index in [-0.39, 0.29) is 18.0 Å². The molecule has 0 aliphatic heterocycles. The van der Waals surface area contributed by atoms with E-state index in [0.29, 0.717) is 5.92 Å². The van der Waals surface area contributed by atoms with Crippen molar-refractivity contribution >= 4 is 5.91 Å². The molecule has 1 aliphatic carbocycles. The lowest BCUT2D eigenvalue weighted by Gasteiger charge is -2.29. The molecule has 100 valence electrons. The first-order chi connectivity index (χ1) is 8.15. The molecule has 0 bridgehead atoms. The van der Waals surface area contributed by atoms with Gasteiger partial charge in [0.15, 0.2) is 0 Å². The van der Waals surface area contributed by atoms with Gasteiger partial charge in [-0.1, -0.05) is 39.0 Å². The van der Waals surface area contributed by atoms with Crippen molar-refractivity contribution in [2.24, 2.45) is 11.7 Å². The summed E-state index contributed by atoms with van der Waals surface area (Å²) in [6.45, 7) is 4.25. The van der Waals surface area contributed by atoms with Gasteiger partial charge >= 0.3 is 0 Å². The Bertz CT molecular complexity index is 224. The fourth-order valence-corrected chi connectivity index (χ4v) is 2.64. The highest BCUT2D eigenvalue weighted by Crippen LogP contribution is 2.26. The molecule has 17 heavy (non-hydrogen) atoms. The van der Waals surface area contributed by atoms with Crippen molar-refractivity contribution in [3.05, 3.63) is 0 Å². The molecule has 0 spiro atoms. The highest BCUT2D eigenvalue weighted by Gasteiger charge is 2.23. The van der Waals surface area contributed by atoms with Gasteiger partial charge in [0.25, 0.3) is 0 Å². The van der Waals surface area contributed by atoms with Crippen molar-refractivity contribution < 1.29 is 4.79 Å². The second kappa shape index (κ2) is 7.70. The summed E-state index contributed by atoms with van der Waals surface area (Å²) in [6.07, 6.45) is 9.43. The first-order valence-corrected chi connectivity index (χ1v) is 7.21. The standard InChI is InChI=1S/C14H28N2O/c1-3-4-10-13(15)14(17)16-11(2)12-8-6-5-7-9-12/h11-13H,3-10,15H2,1-2H3,(H,16,17)/t11-,13?/m0/s1. The summed E-state index contributed by atoms with van der Waals surface area (Å²) < 4.78 is 0. The highest BCUT2D eigenvalue weighted by atomic mass is 16.2. The highest BCUT2D eigenvalue weighted by molar-refractivity contribution is 5.81. The van der Waals surface area contributed by atoms with Crippen molar-refractivity contribution in [2.45, 2.75) is 77.3 Å². The molecule has 1 fully saturated rings. The van der Waals surface area contributed by atoms with Crippen LogP contribution in [-0.2, 0) is 4.79 Å². The van der Waals surface area contributed by atoms with Gasteiger partial charge in [0.05, 0.1) is 6.04 Å². The molecule has 1 unspecified atom stereocenters. The van der Waals surface area contributed by atoms with Crippen LogP contribution in [0.15, 0.2) is 0 Å². The number of nitrogens with two attached hydrogens (primary N) is 1.